The van der Waals surface area contributed by atoms with Gasteiger partial charge < -0.3 is 10.6 Å². The molecule has 2 aromatic rings. The molecule has 2 N–H and O–H groups in total. The Hall–Kier alpha value is -1.86. The molecule has 0 aliphatic carbocycles. The van der Waals surface area contributed by atoms with Gasteiger partial charge in [-0.2, -0.15) is 5.26 Å². The molecule has 1 aliphatic rings. The van der Waals surface area contributed by atoms with Gasteiger partial charge in [-0.25, -0.2) is 0 Å². The standard InChI is InChI=1S/C23H21Br2N3O2S2/c1-11-5-6-31-22(11)20-16(9-26)23(27-13(3)19(20)14(4)29)32-10-18(30)28-21-12(2)7-15(24)8-17(21)25/h5-8,20,27H,10H2,1-4H3,(H,28,30). The highest BCUT2D eigenvalue weighted by molar-refractivity contribution is 9.11. The number of hydrogen-bond acceptors (Lipinski definition) is 6. The molecule has 1 aromatic heterocycles. The van der Waals surface area contributed by atoms with Gasteiger partial charge >= 0.3 is 0 Å². The lowest BCUT2D eigenvalue weighted by Crippen LogP contribution is -2.27. The van der Waals surface area contributed by atoms with Crippen LogP contribution in [0.3, 0.4) is 0 Å². The number of carbonyl (C=O) groups excluding carboxylic acids is 2. The minimum absolute atomic E-state index is 0.0714. The summed E-state index contributed by atoms with van der Waals surface area (Å²) in [4.78, 5) is 26.1. The van der Waals surface area contributed by atoms with Crippen LogP contribution in [-0.4, -0.2) is 17.4 Å². The number of Topliss-reactive ketones (excluding diaryl/α,β-unsaturated/α-hetero) is 1. The van der Waals surface area contributed by atoms with Gasteiger partial charge in [-0.05, 0) is 78.3 Å². The Bertz CT molecular complexity index is 1190. The van der Waals surface area contributed by atoms with Crippen LogP contribution in [0.4, 0.5) is 5.69 Å². The number of amides is 1. The maximum absolute atomic E-state index is 12.7. The number of nitriles is 1. The summed E-state index contributed by atoms with van der Waals surface area (Å²) in [6.07, 6.45) is 0. The SMILES string of the molecule is CC(=O)C1=C(C)NC(SCC(=O)Nc2c(C)cc(Br)cc2Br)=C(C#N)C1c1sccc1C. The summed E-state index contributed by atoms with van der Waals surface area (Å²) in [5.41, 5.74) is 4.45. The molecule has 1 atom stereocenters. The number of benzene rings is 1. The van der Waals surface area contributed by atoms with Crippen molar-refractivity contribution in [3.05, 3.63) is 70.4 Å². The molecular weight excluding hydrogens is 574 g/mol. The van der Waals surface area contributed by atoms with Gasteiger partial charge in [0.05, 0.1) is 34.0 Å². The highest BCUT2D eigenvalue weighted by Crippen LogP contribution is 2.43. The molecule has 0 fully saturated rings. The number of aryl methyl sites for hydroxylation is 2. The summed E-state index contributed by atoms with van der Waals surface area (Å²) in [6, 6.07) is 8.09. The number of halogens is 2. The van der Waals surface area contributed by atoms with Crippen LogP contribution in [-0.2, 0) is 9.59 Å². The number of carbonyl (C=O) groups is 2. The Morgan fingerprint density at radius 2 is 1.97 bits per heavy atom. The first-order valence-electron chi connectivity index (χ1n) is 9.69. The molecule has 0 bridgehead atoms. The van der Waals surface area contributed by atoms with Crippen molar-refractivity contribution in [2.75, 3.05) is 11.1 Å². The number of ketones is 1. The molecule has 0 saturated heterocycles. The fourth-order valence-corrected chi connectivity index (χ4v) is 7.08. The van der Waals surface area contributed by atoms with Gasteiger partial charge in [0.25, 0.3) is 0 Å². The van der Waals surface area contributed by atoms with Crippen LogP contribution in [0.1, 0.15) is 35.8 Å². The highest BCUT2D eigenvalue weighted by Gasteiger charge is 2.34. The van der Waals surface area contributed by atoms with Crippen LogP contribution < -0.4 is 10.6 Å². The number of thiophene rings is 1. The summed E-state index contributed by atoms with van der Waals surface area (Å²) >= 11 is 9.72. The molecule has 9 heteroatoms. The molecule has 2 heterocycles. The van der Waals surface area contributed by atoms with Crippen molar-refractivity contribution in [1.82, 2.24) is 5.32 Å². The normalized spacial score (nSPS) is 16.0. The quantitative estimate of drug-likeness (QED) is 0.396. The van der Waals surface area contributed by atoms with Gasteiger partial charge in [0.15, 0.2) is 5.78 Å². The first kappa shape index (κ1) is 24.8. The minimum atomic E-state index is -0.424. The van der Waals surface area contributed by atoms with Crippen molar-refractivity contribution >= 4 is 72.3 Å². The predicted molar refractivity (Wildman–Crippen MR) is 139 cm³/mol. The molecule has 32 heavy (non-hydrogen) atoms. The number of dihydropyridines is 1. The lowest BCUT2D eigenvalue weighted by Gasteiger charge is -2.29. The number of allylic oxidation sites excluding steroid dienone is 3. The number of rotatable bonds is 6. The van der Waals surface area contributed by atoms with E-state index in [-0.39, 0.29) is 17.4 Å². The van der Waals surface area contributed by atoms with E-state index in [4.69, 9.17) is 0 Å². The summed E-state index contributed by atoms with van der Waals surface area (Å²) in [7, 11) is 0. The minimum Gasteiger partial charge on any atom is -0.353 e. The number of thioether (sulfide) groups is 1. The maximum atomic E-state index is 12.7. The molecule has 166 valence electrons. The third-order valence-corrected chi connectivity index (χ3v) is 8.24. The summed E-state index contributed by atoms with van der Waals surface area (Å²) in [5.74, 6) is -0.561. The number of anilines is 1. The van der Waals surface area contributed by atoms with Crippen LogP contribution >= 0.6 is 55.0 Å². The van der Waals surface area contributed by atoms with Gasteiger partial charge in [0.1, 0.15) is 0 Å². The Kier molecular flexibility index (Phi) is 8.04. The van der Waals surface area contributed by atoms with Crippen LogP contribution in [0.5, 0.6) is 0 Å². The van der Waals surface area contributed by atoms with E-state index in [1.807, 2.05) is 44.4 Å². The van der Waals surface area contributed by atoms with Crippen LogP contribution in [0.15, 0.2) is 54.4 Å². The Labute approximate surface area is 212 Å². The molecule has 1 amide bonds. The van der Waals surface area contributed by atoms with Crippen LogP contribution in [0, 0.1) is 25.2 Å². The smallest absolute Gasteiger partial charge is 0.234 e. The van der Waals surface area contributed by atoms with E-state index in [9.17, 15) is 14.9 Å². The third-order valence-electron chi connectivity index (χ3n) is 5.05. The van der Waals surface area contributed by atoms with Gasteiger partial charge in [-0.1, -0.05) is 27.7 Å². The van der Waals surface area contributed by atoms with Crippen molar-refractivity contribution in [3.8, 4) is 6.07 Å². The zero-order chi connectivity index (χ0) is 23.6. The summed E-state index contributed by atoms with van der Waals surface area (Å²) in [6.45, 7) is 7.26. The van der Waals surface area contributed by atoms with E-state index in [2.05, 4.69) is 48.6 Å². The van der Waals surface area contributed by atoms with E-state index >= 15 is 0 Å². The molecular formula is C23H21Br2N3O2S2. The monoisotopic (exact) mass is 593 g/mol. The maximum Gasteiger partial charge on any atom is 0.234 e. The Balaban J connectivity index is 1.87. The van der Waals surface area contributed by atoms with Crippen molar-refractivity contribution in [1.29, 1.82) is 5.26 Å². The third kappa shape index (κ3) is 5.20. The Morgan fingerprint density at radius 1 is 1.25 bits per heavy atom. The van der Waals surface area contributed by atoms with Crippen molar-refractivity contribution in [2.45, 2.75) is 33.6 Å². The summed E-state index contributed by atoms with van der Waals surface area (Å²) < 4.78 is 1.71. The number of nitrogens with one attached hydrogen (secondary N) is 2. The number of hydrogen-bond donors (Lipinski definition) is 2. The predicted octanol–water partition coefficient (Wildman–Crippen LogP) is 6.55. The fourth-order valence-electron chi connectivity index (χ4n) is 3.61. The molecule has 3 rings (SSSR count). The van der Waals surface area contributed by atoms with E-state index in [0.717, 1.165) is 24.9 Å². The number of nitrogens with zero attached hydrogens (tertiary/aromatic N) is 1. The lowest BCUT2D eigenvalue weighted by atomic mass is 9.84. The average molecular weight is 595 g/mol. The molecule has 5 nitrogen and oxygen atoms in total. The highest BCUT2D eigenvalue weighted by atomic mass is 79.9. The largest absolute Gasteiger partial charge is 0.353 e. The van der Waals surface area contributed by atoms with Gasteiger partial charge in [-0.3, -0.25) is 9.59 Å². The first-order valence-corrected chi connectivity index (χ1v) is 13.1. The topological polar surface area (TPSA) is 82.0 Å². The molecule has 0 spiro atoms. The van der Waals surface area contributed by atoms with Crippen molar-refractivity contribution in [3.63, 3.8) is 0 Å². The lowest BCUT2D eigenvalue weighted by molar-refractivity contribution is -0.114. The Morgan fingerprint density at radius 3 is 2.53 bits per heavy atom. The van der Waals surface area contributed by atoms with Crippen molar-refractivity contribution < 1.29 is 9.59 Å². The van der Waals surface area contributed by atoms with Gasteiger partial charge in [0, 0.05) is 25.1 Å². The average Bonchev–Trinajstić information content (AvgIpc) is 3.13. The second-order valence-electron chi connectivity index (χ2n) is 7.39. The van der Waals surface area contributed by atoms with Crippen molar-refractivity contribution in [2.24, 2.45) is 0 Å². The molecule has 1 unspecified atom stereocenters. The first-order chi connectivity index (χ1) is 15.1. The summed E-state index contributed by atoms with van der Waals surface area (Å²) in [5, 5.41) is 18.7. The molecule has 1 aliphatic heterocycles. The van der Waals surface area contributed by atoms with Gasteiger partial charge in [0.2, 0.25) is 5.91 Å². The zero-order valence-corrected chi connectivity index (χ0v) is 22.7. The fraction of sp³-hybridized carbons (Fsp3) is 0.261. The van der Waals surface area contributed by atoms with E-state index in [0.29, 0.717) is 27.6 Å². The van der Waals surface area contributed by atoms with Gasteiger partial charge in [-0.15, -0.1) is 11.3 Å². The van der Waals surface area contributed by atoms with E-state index < -0.39 is 5.92 Å². The molecule has 1 aromatic carbocycles. The zero-order valence-electron chi connectivity index (χ0n) is 17.9. The van der Waals surface area contributed by atoms with Crippen LogP contribution in [0.2, 0.25) is 0 Å². The second kappa shape index (κ2) is 10.4. The second-order valence-corrected chi connectivity index (χ2v) is 11.1. The molecule has 0 saturated carbocycles. The van der Waals surface area contributed by atoms with Crippen LogP contribution in [0.25, 0.3) is 0 Å². The van der Waals surface area contributed by atoms with E-state index in [1.165, 1.54) is 30.0 Å². The molecule has 0 radical (unpaired) electrons. The van der Waals surface area contributed by atoms with E-state index in [1.54, 1.807) is 0 Å².